The lowest BCUT2D eigenvalue weighted by molar-refractivity contribution is -0.0436. The Kier molecular flexibility index (Phi) is 9.29. The van der Waals surface area contributed by atoms with Crippen molar-refractivity contribution in [3.63, 3.8) is 0 Å². The monoisotopic (exact) mass is 655 g/mol. The van der Waals surface area contributed by atoms with Crippen LogP contribution in [0.15, 0.2) is 35.4 Å². The van der Waals surface area contributed by atoms with Crippen LogP contribution >= 0.6 is 11.3 Å². The Morgan fingerprint density at radius 1 is 1.16 bits per heavy atom. The molecule has 0 spiro atoms. The zero-order valence-corrected chi connectivity index (χ0v) is 26.3. The highest BCUT2D eigenvalue weighted by Crippen LogP contribution is 2.43. The van der Waals surface area contributed by atoms with Gasteiger partial charge in [-0.05, 0) is 77.8 Å². The van der Waals surface area contributed by atoms with Crippen molar-refractivity contribution in [3.05, 3.63) is 41.2 Å². The molecule has 1 aliphatic carbocycles. The van der Waals surface area contributed by atoms with E-state index in [1.807, 2.05) is 20.8 Å². The number of carbonyl (C=O) groups is 1. The van der Waals surface area contributed by atoms with Crippen molar-refractivity contribution in [2.24, 2.45) is 0 Å². The number of hydrogen-bond donors (Lipinski definition) is 2. The Bertz CT molecular complexity index is 1590. The molecular weight excluding hydrogens is 619 g/mol. The molecule has 10 nitrogen and oxygen atoms in total. The van der Waals surface area contributed by atoms with E-state index in [0.29, 0.717) is 48.0 Å². The molecule has 2 fully saturated rings. The summed E-state index contributed by atoms with van der Waals surface area (Å²) in [6.45, 7) is 6.13. The van der Waals surface area contributed by atoms with Gasteiger partial charge in [0.15, 0.2) is 12.0 Å². The van der Waals surface area contributed by atoms with Gasteiger partial charge in [0.2, 0.25) is 0 Å². The molecule has 2 N–H and O–H groups in total. The maximum atomic E-state index is 13.9. The number of rotatable bonds is 8. The number of anilines is 2. The lowest BCUT2D eigenvalue weighted by Crippen LogP contribution is -2.45. The molecule has 2 aromatic heterocycles. The number of aryl methyl sites for hydroxylation is 1. The maximum Gasteiger partial charge on any atom is 0.501 e. The van der Waals surface area contributed by atoms with Crippen molar-refractivity contribution in [2.75, 3.05) is 11.9 Å². The smallest absolute Gasteiger partial charge is 0.465 e. The molecule has 1 saturated carbocycles. The van der Waals surface area contributed by atoms with Crippen molar-refractivity contribution in [1.82, 2.24) is 19.7 Å². The summed E-state index contributed by atoms with van der Waals surface area (Å²) in [6.07, 6.45) is 5.60. The van der Waals surface area contributed by atoms with E-state index in [1.165, 1.54) is 23.2 Å². The molecule has 1 atom stereocenters. The first-order valence-corrected chi connectivity index (χ1v) is 16.9. The largest absolute Gasteiger partial charge is 0.501 e. The number of benzene rings is 1. The van der Waals surface area contributed by atoms with E-state index in [4.69, 9.17) is 4.74 Å². The number of ether oxygens (including phenoxy) is 1. The molecule has 15 heteroatoms. The predicted molar refractivity (Wildman–Crippen MR) is 160 cm³/mol. The molecule has 3 aromatic rings. The highest BCUT2D eigenvalue weighted by Gasteiger charge is 2.48. The summed E-state index contributed by atoms with van der Waals surface area (Å²) in [5.74, 6) is 0.359. The van der Waals surface area contributed by atoms with Crippen molar-refractivity contribution in [2.45, 2.75) is 100 Å². The van der Waals surface area contributed by atoms with Gasteiger partial charge in [-0.25, -0.2) is 22.9 Å². The fourth-order valence-electron chi connectivity index (χ4n) is 6.06. The number of halogens is 3. The van der Waals surface area contributed by atoms with Crippen LogP contribution in [0, 0.1) is 6.92 Å². The molecule has 1 aliphatic heterocycles. The number of carboxylic acid groups (broad SMARTS) is 1. The van der Waals surface area contributed by atoms with Gasteiger partial charge in [-0.1, -0.05) is 6.07 Å². The first-order valence-electron chi connectivity index (χ1n) is 14.6. The van der Waals surface area contributed by atoms with E-state index >= 15 is 0 Å². The molecule has 5 rings (SSSR count). The van der Waals surface area contributed by atoms with Crippen LogP contribution in [-0.4, -0.2) is 63.5 Å². The zero-order valence-electron chi connectivity index (χ0n) is 24.7. The van der Waals surface area contributed by atoms with Crippen LogP contribution in [0.4, 0.5) is 29.5 Å². The number of sulfone groups is 1. The van der Waals surface area contributed by atoms with Crippen LogP contribution in [0.2, 0.25) is 0 Å². The zero-order chi connectivity index (χ0) is 31.8. The minimum atomic E-state index is -5.71. The minimum absolute atomic E-state index is 0.00270. The van der Waals surface area contributed by atoms with Crippen LogP contribution in [0.3, 0.4) is 0 Å². The second kappa shape index (κ2) is 12.7. The summed E-state index contributed by atoms with van der Waals surface area (Å²) in [5.41, 5.74) is -4.65. The molecule has 44 heavy (non-hydrogen) atoms. The van der Waals surface area contributed by atoms with Gasteiger partial charge in [-0.3, -0.25) is 0 Å². The van der Waals surface area contributed by atoms with E-state index in [9.17, 15) is 31.5 Å². The number of aromatic nitrogens is 3. The highest BCUT2D eigenvalue weighted by atomic mass is 32.2. The van der Waals surface area contributed by atoms with Gasteiger partial charge >= 0.3 is 11.6 Å². The molecule has 3 heterocycles. The Morgan fingerprint density at radius 2 is 1.89 bits per heavy atom. The van der Waals surface area contributed by atoms with E-state index in [1.54, 1.807) is 10.7 Å². The second-order valence-electron chi connectivity index (χ2n) is 11.6. The molecule has 2 aliphatic rings. The SMILES string of the molecule is Cc1cc(Nc2ccc(-c3cnc(C4CCC(N(C(=O)O)C(C)C)CC4)s3)c(S(=O)(=O)C(F)(F)F)c2)nn1C1CCCCO1. The molecule has 1 amide bonds. The number of nitrogens with one attached hydrogen (secondary N) is 1. The van der Waals surface area contributed by atoms with Crippen molar-refractivity contribution < 1.29 is 36.2 Å². The molecule has 0 radical (unpaired) electrons. The summed E-state index contributed by atoms with van der Waals surface area (Å²) >= 11 is 1.16. The van der Waals surface area contributed by atoms with Gasteiger partial charge in [-0.2, -0.15) is 18.3 Å². The summed E-state index contributed by atoms with van der Waals surface area (Å²) in [7, 11) is -5.71. The number of thiazole rings is 1. The van der Waals surface area contributed by atoms with E-state index in [-0.39, 0.29) is 35.5 Å². The van der Waals surface area contributed by atoms with E-state index in [0.717, 1.165) is 42.4 Å². The first-order chi connectivity index (χ1) is 20.8. The van der Waals surface area contributed by atoms with Crippen molar-refractivity contribution >= 4 is 38.8 Å². The molecule has 0 bridgehead atoms. The standard InChI is InChI=1S/C29H36F3N5O5S2/c1-17(2)36(28(38)39)21-10-7-19(8-11-21)27-33-16-23(43-27)22-12-9-20(15-24(22)44(40,41)29(30,31)32)34-25-14-18(3)37(35-25)26-6-4-5-13-42-26/h9,12,14-17,19,21,26H,4-8,10-11,13H2,1-3H3,(H,34,35)(H,38,39). The molecule has 1 saturated heterocycles. The Labute approximate surface area is 258 Å². The van der Waals surface area contributed by atoms with Crippen LogP contribution < -0.4 is 5.32 Å². The lowest BCUT2D eigenvalue weighted by atomic mass is 9.85. The van der Waals surface area contributed by atoms with Crippen molar-refractivity contribution in [1.29, 1.82) is 0 Å². The summed E-state index contributed by atoms with van der Waals surface area (Å²) in [5, 5.41) is 17.7. The van der Waals surface area contributed by atoms with Gasteiger partial charge in [0.05, 0.1) is 14.8 Å². The number of nitrogens with zero attached hydrogens (tertiary/aromatic N) is 4. The second-order valence-corrected chi connectivity index (χ2v) is 14.5. The Balaban J connectivity index is 1.40. The Morgan fingerprint density at radius 3 is 2.50 bits per heavy atom. The average molecular weight is 656 g/mol. The van der Waals surface area contributed by atoms with Gasteiger partial charge in [0.1, 0.15) is 0 Å². The van der Waals surface area contributed by atoms with Crippen LogP contribution in [0.1, 0.15) is 81.6 Å². The molecular formula is C29H36F3N5O5S2. The van der Waals surface area contributed by atoms with Crippen LogP contribution in [0.25, 0.3) is 10.4 Å². The van der Waals surface area contributed by atoms with Crippen molar-refractivity contribution in [3.8, 4) is 10.4 Å². The van der Waals surface area contributed by atoms with Gasteiger partial charge in [0.25, 0.3) is 9.84 Å². The van der Waals surface area contributed by atoms with E-state index in [2.05, 4.69) is 15.4 Å². The maximum absolute atomic E-state index is 13.9. The van der Waals surface area contributed by atoms with Crippen LogP contribution in [0.5, 0.6) is 0 Å². The highest BCUT2D eigenvalue weighted by molar-refractivity contribution is 7.92. The third-order valence-corrected chi connectivity index (χ3v) is 10.9. The van der Waals surface area contributed by atoms with Crippen LogP contribution in [-0.2, 0) is 14.6 Å². The third-order valence-electron chi connectivity index (χ3n) is 8.20. The molecule has 240 valence electrons. The lowest BCUT2D eigenvalue weighted by Gasteiger charge is -2.37. The topological polar surface area (TPSA) is 127 Å². The molecule has 1 unspecified atom stereocenters. The number of alkyl halides is 3. The number of amides is 1. The predicted octanol–water partition coefficient (Wildman–Crippen LogP) is 7.47. The fraction of sp³-hybridized carbons (Fsp3) is 0.552. The van der Waals surface area contributed by atoms with Gasteiger partial charge < -0.3 is 20.1 Å². The Hall–Kier alpha value is -3.17. The summed E-state index contributed by atoms with van der Waals surface area (Å²) in [4.78, 5) is 17.1. The quantitative estimate of drug-likeness (QED) is 0.256. The molecule has 1 aromatic carbocycles. The van der Waals surface area contributed by atoms with E-state index < -0.39 is 26.3 Å². The first kappa shape index (κ1) is 32.2. The number of hydrogen-bond acceptors (Lipinski definition) is 8. The summed E-state index contributed by atoms with van der Waals surface area (Å²) in [6, 6.07) is 5.32. The normalized spacial score (nSPS) is 21.4. The average Bonchev–Trinajstić information content (AvgIpc) is 3.60. The third kappa shape index (κ3) is 6.59. The minimum Gasteiger partial charge on any atom is -0.465 e. The fourth-order valence-corrected chi connectivity index (χ4v) is 8.25. The summed E-state index contributed by atoms with van der Waals surface area (Å²) < 4.78 is 74.6. The van der Waals surface area contributed by atoms with Gasteiger partial charge in [-0.15, -0.1) is 11.3 Å². The van der Waals surface area contributed by atoms with Gasteiger partial charge in [0, 0.05) is 53.8 Å².